The first-order chi connectivity index (χ1) is 11.7. The van der Waals surface area contributed by atoms with Gasteiger partial charge in [-0.15, -0.1) is 0 Å². The highest BCUT2D eigenvalue weighted by Gasteiger charge is 2.26. The van der Waals surface area contributed by atoms with E-state index >= 15 is 0 Å². The molecule has 0 fully saturated rings. The number of halogens is 1. The second kappa shape index (κ2) is 10.2. The zero-order chi connectivity index (χ0) is 19.0. The highest BCUT2D eigenvalue weighted by Crippen LogP contribution is 2.11. The van der Waals surface area contributed by atoms with Crippen molar-refractivity contribution in [3.63, 3.8) is 0 Å². The first-order valence-corrected chi connectivity index (χ1v) is 9.08. The third-order valence-electron chi connectivity index (χ3n) is 4.16. The molecule has 1 aromatic carbocycles. The van der Waals surface area contributed by atoms with Gasteiger partial charge in [-0.2, -0.15) is 0 Å². The maximum absolute atomic E-state index is 13.7. The number of benzene rings is 1. The lowest BCUT2D eigenvalue weighted by molar-refractivity contribution is -0.124. The van der Waals surface area contributed by atoms with E-state index in [-0.39, 0.29) is 23.4 Å². The zero-order valence-electron chi connectivity index (χ0n) is 15.9. The number of rotatable bonds is 9. The van der Waals surface area contributed by atoms with Crippen molar-refractivity contribution in [3.8, 4) is 0 Å². The SMILES string of the molecule is CC(C)CCCC(C)NC(=O)C(NC(=O)c1ccccc1F)C(C)C. The number of amides is 2. The second-order valence-electron chi connectivity index (χ2n) is 7.41. The Kier molecular flexibility index (Phi) is 8.59. The summed E-state index contributed by atoms with van der Waals surface area (Å²) in [6.07, 6.45) is 3.07. The van der Waals surface area contributed by atoms with E-state index in [0.717, 1.165) is 19.3 Å². The lowest BCUT2D eigenvalue weighted by Gasteiger charge is -2.24. The Bertz CT molecular complexity index is 573. The van der Waals surface area contributed by atoms with Crippen molar-refractivity contribution in [1.82, 2.24) is 10.6 Å². The molecular formula is C20H31FN2O2. The van der Waals surface area contributed by atoms with Crippen LogP contribution in [0.2, 0.25) is 0 Å². The lowest BCUT2D eigenvalue weighted by atomic mass is 10.0. The Morgan fingerprint density at radius 1 is 1.00 bits per heavy atom. The maximum Gasteiger partial charge on any atom is 0.254 e. The molecule has 5 heteroatoms. The third-order valence-corrected chi connectivity index (χ3v) is 4.16. The topological polar surface area (TPSA) is 58.2 Å². The summed E-state index contributed by atoms with van der Waals surface area (Å²) >= 11 is 0. The molecular weight excluding hydrogens is 319 g/mol. The van der Waals surface area contributed by atoms with Crippen LogP contribution in [0, 0.1) is 17.7 Å². The Labute approximate surface area is 150 Å². The van der Waals surface area contributed by atoms with E-state index in [0.29, 0.717) is 5.92 Å². The van der Waals surface area contributed by atoms with E-state index in [4.69, 9.17) is 0 Å². The van der Waals surface area contributed by atoms with Crippen LogP contribution < -0.4 is 10.6 Å². The molecule has 1 rings (SSSR count). The normalized spacial score (nSPS) is 13.6. The summed E-state index contributed by atoms with van der Waals surface area (Å²) in [5.41, 5.74) is -0.0501. The van der Waals surface area contributed by atoms with Gasteiger partial charge in [-0.05, 0) is 37.3 Å². The fraction of sp³-hybridized carbons (Fsp3) is 0.600. The Morgan fingerprint density at radius 2 is 1.64 bits per heavy atom. The van der Waals surface area contributed by atoms with Gasteiger partial charge in [0.1, 0.15) is 11.9 Å². The number of hydrogen-bond acceptors (Lipinski definition) is 2. The van der Waals surface area contributed by atoms with Crippen LogP contribution in [0.25, 0.3) is 0 Å². The number of carbonyl (C=O) groups excluding carboxylic acids is 2. The molecule has 2 N–H and O–H groups in total. The molecule has 25 heavy (non-hydrogen) atoms. The van der Waals surface area contributed by atoms with Crippen molar-refractivity contribution in [3.05, 3.63) is 35.6 Å². The van der Waals surface area contributed by atoms with Crippen LogP contribution in [0.5, 0.6) is 0 Å². The van der Waals surface area contributed by atoms with Gasteiger partial charge in [0, 0.05) is 6.04 Å². The van der Waals surface area contributed by atoms with E-state index in [2.05, 4.69) is 24.5 Å². The van der Waals surface area contributed by atoms with E-state index in [1.54, 1.807) is 6.07 Å². The lowest BCUT2D eigenvalue weighted by Crippen LogP contribution is -2.51. The van der Waals surface area contributed by atoms with Crippen LogP contribution >= 0.6 is 0 Å². The molecule has 0 saturated carbocycles. The standard InChI is InChI=1S/C20H31FN2O2/c1-13(2)9-8-10-15(5)22-20(25)18(14(3)4)23-19(24)16-11-6-7-12-17(16)21/h6-7,11-15,18H,8-10H2,1-5H3,(H,22,25)(H,23,24). The predicted molar refractivity (Wildman–Crippen MR) is 98.8 cm³/mol. The number of hydrogen-bond donors (Lipinski definition) is 2. The molecule has 2 unspecified atom stereocenters. The molecule has 0 saturated heterocycles. The first-order valence-electron chi connectivity index (χ1n) is 9.08. The molecule has 1 aromatic rings. The molecule has 140 valence electrons. The van der Waals surface area contributed by atoms with Crippen LogP contribution in [-0.4, -0.2) is 23.9 Å². The van der Waals surface area contributed by atoms with Gasteiger partial charge >= 0.3 is 0 Å². The quantitative estimate of drug-likeness (QED) is 0.709. The van der Waals surface area contributed by atoms with Gasteiger partial charge in [-0.3, -0.25) is 9.59 Å². The summed E-state index contributed by atoms with van der Waals surface area (Å²) < 4.78 is 13.7. The monoisotopic (exact) mass is 350 g/mol. The molecule has 4 nitrogen and oxygen atoms in total. The molecule has 0 bridgehead atoms. The van der Waals surface area contributed by atoms with Gasteiger partial charge in [-0.1, -0.05) is 52.7 Å². The predicted octanol–water partition coefficient (Wildman–Crippen LogP) is 3.91. The molecule has 0 aliphatic heterocycles. The maximum atomic E-state index is 13.7. The van der Waals surface area contributed by atoms with Crippen molar-refractivity contribution < 1.29 is 14.0 Å². The van der Waals surface area contributed by atoms with Crippen molar-refractivity contribution in [2.24, 2.45) is 11.8 Å². The van der Waals surface area contributed by atoms with Crippen molar-refractivity contribution in [2.75, 3.05) is 0 Å². The van der Waals surface area contributed by atoms with Crippen LogP contribution in [-0.2, 0) is 4.79 Å². The molecule has 0 aliphatic carbocycles. The molecule has 0 spiro atoms. The molecule has 2 amide bonds. The third kappa shape index (κ3) is 7.24. The van der Waals surface area contributed by atoms with E-state index in [9.17, 15) is 14.0 Å². The first kappa shape index (κ1) is 21.1. The fourth-order valence-electron chi connectivity index (χ4n) is 2.64. The average molecular weight is 350 g/mol. The highest BCUT2D eigenvalue weighted by molar-refractivity contribution is 5.97. The van der Waals surface area contributed by atoms with Crippen LogP contribution in [0.3, 0.4) is 0 Å². The van der Waals surface area contributed by atoms with Crippen molar-refractivity contribution >= 4 is 11.8 Å². The van der Waals surface area contributed by atoms with Crippen molar-refractivity contribution in [2.45, 2.75) is 66.0 Å². The smallest absolute Gasteiger partial charge is 0.254 e. The fourth-order valence-corrected chi connectivity index (χ4v) is 2.64. The van der Waals surface area contributed by atoms with Crippen molar-refractivity contribution in [1.29, 1.82) is 0 Å². The average Bonchev–Trinajstić information content (AvgIpc) is 2.51. The molecule has 0 heterocycles. The summed E-state index contributed by atoms with van der Waals surface area (Å²) in [4.78, 5) is 24.8. The Hall–Kier alpha value is -1.91. The van der Waals surface area contributed by atoms with Crippen LogP contribution in [0.4, 0.5) is 4.39 Å². The number of nitrogens with one attached hydrogen (secondary N) is 2. The van der Waals surface area contributed by atoms with E-state index < -0.39 is 17.8 Å². The highest BCUT2D eigenvalue weighted by atomic mass is 19.1. The molecule has 0 aromatic heterocycles. The summed E-state index contributed by atoms with van der Waals surface area (Å²) in [5, 5.41) is 5.62. The second-order valence-corrected chi connectivity index (χ2v) is 7.41. The summed E-state index contributed by atoms with van der Waals surface area (Å²) in [7, 11) is 0. The summed E-state index contributed by atoms with van der Waals surface area (Å²) in [6.45, 7) is 10.0. The molecule has 0 radical (unpaired) electrons. The van der Waals surface area contributed by atoms with Crippen LogP contribution in [0.1, 0.15) is 64.2 Å². The minimum absolute atomic E-state index is 0.0397. The minimum Gasteiger partial charge on any atom is -0.352 e. The largest absolute Gasteiger partial charge is 0.352 e. The minimum atomic E-state index is -0.695. The summed E-state index contributed by atoms with van der Waals surface area (Å²) in [6, 6.07) is 5.11. The van der Waals surface area contributed by atoms with Crippen LogP contribution in [0.15, 0.2) is 24.3 Å². The zero-order valence-corrected chi connectivity index (χ0v) is 15.9. The van der Waals surface area contributed by atoms with E-state index in [1.807, 2.05) is 20.8 Å². The molecule has 2 atom stereocenters. The van der Waals surface area contributed by atoms with Gasteiger partial charge in [0.25, 0.3) is 5.91 Å². The van der Waals surface area contributed by atoms with Gasteiger partial charge in [-0.25, -0.2) is 4.39 Å². The van der Waals surface area contributed by atoms with Gasteiger partial charge < -0.3 is 10.6 Å². The van der Waals surface area contributed by atoms with Gasteiger partial charge in [0.05, 0.1) is 5.56 Å². The molecule has 0 aliphatic rings. The Morgan fingerprint density at radius 3 is 2.20 bits per heavy atom. The number of carbonyl (C=O) groups is 2. The van der Waals surface area contributed by atoms with Gasteiger partial charge in [0.15, 0.2) is 0 Å². The van der Waals surface area contributed by atoms with Gasteiger partial charge in [0.2, 0.25) is 5.91 Å². The van der Waals surface area contributed by atoms with E-state index in [1.165, 1.54) is 18.2 Å². The Balaban J connectivity index is 2.65. The summed E-state index contributed by atoms with van der Waals surface area (Å²) in [5.74, 6) is -0.842.